The molecule has 2 amide bonds. The van der Waals surface area contributed by atoms with Gasteiger partial charge in [0, 0.05) is 18.7 Å². The molecule has 188 valence electrons. The minimum Gasteiger partial charge on any atom is -0.494 e. The van der Waals surface area contributed by atoms with Crippen molar-refractivity contribution in [1.29, 1.82) is 0 Å². The molecule has 2 rings (SSSR count). The van der Waals surface area contributed by atoms with Crippen LogP contribution >= 0.6 is 12.2 Å². The summed E-state index contributed by atoms with van der Waals surface area (Å²) in [5.41, 5.74) is 0.425. The number of carbonyl (C=O) groups excluding carboxylic acids is 3. The first kappa shape index (κ1) is 27.6. The fraction of sp³-hybridized carbons (Fsp3) is 0.600. The Kier molecular flexibility index (Phi) is 12.4. The third-order valence-electron chi connectivity index (χ3n) is 5.57. The number of hydrogen-bond acceptors (Lipinski definition) is 6. The Labute approximate surface area is 207 Å². The summed E-state index contributed by atoms with van der Waals surface area (Å²) in [6.07, 6.45) is 7.18. The standard InChI is InChI=1S/C25H37N3O5S/c1-3-5-7-9-16-32-20-12-10-19(11-13-20)23(30)27-25(34)28-15-14-26-24(31)21(28)18-22(29)33-17-8-6-4-2/h10-13,21H,3-9,14-18H2,1-2H3,(H,26,31)(H,27,30,34). The van der Waals surface area contributed by atoms with E-state index >= 15 is 0 Å². The van der Waals surface area contributed by atoms with E-state index in [0.717, 1.165) is 32.1 Å². The minimum absolute atomic E-state index is 0.111. The van der Waals surface area contributed by atoms with Gasteiger partial charge in [0.15, 0.2) is 5.11 Å². The molecule has 1 heterocycles. The molecule has 1 unspecified atom stereocenters. The van der Waals surface area contributed by atoms with E-state index in [0.29, 0.717) is 37.6 Å². The van der Waals surface area contributed by atoms with Crippen molar-refractivity contribution in [2.24, 2.45) is 0 Å². The predicted octanol–water partition coefficient (Wildman–Crippen LogP) is 3.58. The molecule has 1 aromatic rings. The van der Waals surface area contributed by atoms with Crippen molar-refractivity contribution >= 4 is 35.1 Å². The molecule has 0 saturated carbocycles. The molecule has 1 atom stereocenters. The number of benzene rings is 1. The van der Waals surface area contributed by atoms with Crippen molar-refractivity contribution in [3.05, 3.63) is 29.8 Å². The number of hydrogen-bond donors (Lipinski definition) is 2. The van der Waals surface area contributed by atoms with E-state index < -0.39 is 12.0 Å². The zero-order valence-corrected chi connectivity index (χ0v) is 21.1. The van der Waals surface area contributed by atoms with Crippen LogP contribution < -0.4 is 15.4 Å². The highest BCUT2D eigenvalue weighted by molar-refractivity contribution is 7.80. The Morgan fingerprint density at radius 1 is 1.06 bits per heavy atom. The molecule has 1 aliphatic rings. The molecular weight excluding hydrogens is 454 g/mol. The van der Waals surface area contributed by atoms with Gasteiger partial charge in [-0.25, -0.2) is 0 Å². The first-order valence-corrected chi connectivity index (χ1v) is 12.6. The Balaban J connectivity index is 1.88. The van der Waals surface area contributed by atoms with Crippen molar-refractivity contribution in [3.63, 3.8) is 0 Å². The fourth-order valence-corrected chi connectivity index (χ4v) is 3.89. The van der Waals surface area contributed by atoms with E-state index in [2.05, 4.69) is 24.5 Å². The van der Waals surface area contributed by atoms with Crippen molar-refractivity contribution < 1.29 is 23.9 Å². The number of amides is 2. The topological polar surface area (TPSA) is 97.0 Å². The summed E-state index contributed by atoms with van der Waals surface area (Å²) in [5.74, 6) is -0.441. The van der Waals surface area contributed by atoms with Gasteiger partial charge in [0.05, 0.1) is 19.6 Å². The summed E-state index contributed by atoms with van der Waals surface area (Å²) in [6.45, 7) is 5.99. The average Bonchev–Trinajstić information content (AvgIpc) is 2.83. The van der Waals surface area contributed by atoms with Crippen LogP contribution in [0.5, 0.6) is 5.75 Å². The maximum absolute atomic E-state index is 12.7. The molecule has 1 aromatic carbocycles. The Morgan fingerprint density at radius 3 is 2.44 bits per heavy atom. The molecule has 1 aliphatic heterocycles. The molecule has 0 bridgehead atoms. The molecule has 0 aromatic heterocycles. The van der Waals surface area contributed by atoms with Crippen LogP contribution in [0.2, 0.25) is 0 Å². The lowest BCUT2D eigenvalue weighted by molar-refractivity contribution is -0.147. The van der Waals surface area contributed by atoms with Crippen molar-refractivity contribution in [2.45, 2.75) is 71.3 Å². The Hall–Kier alpha value is -2.68. The first-order valence-electron chi connectivity index (χ1n) is 12.2. The zero-order chi connectivity index (χ0) is 24.8. The van der Waals surface area contributed by atoms with Crippen LogP contribution in [0.4, 0.5) is 0 Å². The number of nitrogens with zero attached hydrogens (tertiary/aromatic N) is 1. The van der Waals surface area contributed by atoms with Crippen LogP contribution in [-0.2, 0) is 14.3 Å². The van der Waals surface area contributed by atoms with Crippen molar-refractivity contribution in [3.8, 4) is 5.75 Å². The molecule has 0 radical (unpaired) electrons. The second-order valence-corrected chi connectivity index (χ2v) is 8.71. The average molecular weight is 492 g/mol. The van der Waals surface area contributed by atoms with Gasteiger partial charge in [-0.15, -0.1) is 0 Å². The van der Waals surface area contributed by atoms with E-state index in [1.807, 2.05) is 0 Å². The van der Waals surface area contributed by atoms with E-state index in [1.165, 1.54) is 12.8 Å². The van der Waals surface area contributed by atoms with E-state index in [9.17, 15) is 14.4 Å². The monoisotopic (exact) mass is 491 g/mol. The highest BCUT2D eigenvalue weighted by Crippen LogP contribution is 2.15. The Morgan fingerprint density at radius 2 is 1.74 bits per heavy atom. The SMILES string of the molecule is CCCCCCOc1ccc(C(=O)NC(=S)N2CCNC(=O)C2CC(=O)OCCCCC)cc1. The molecule has 34 heavy (non-hydrogen) atoms. The summed E-state index contributed by atoms with van der Waals surface area (Å²) in [4.78, 5) is 38.9. The lowest BCUT2D eigenvalue weighted by atomic mass is 10.1. The number of esters is 1. The molecule has 0 aliphatic carbocycles. The summed E-state index contributed by atoms with van der Waals surface area (Å²) in [5, 5.41) is 5.54. The maximum atomic E-state index is 12.7. The molecular formula is C25H37N3O5S. The quantitative estimate of drug-likeness (QED) is 0.247. The number of thiocarbonyl (C=S) groups is 1. The maximum Gasteiger partial charge on any atom is 0.308 e. The second kappa shape index (κ2) is 15.3. The van der Waals surface area contributed by atoms with E-state index in [-0.39, 0.29) is 23.3 Å². The second-order valence-electron chi connectivity index (χ2n) is 8.32. The number of piperazine rings is 1. The zero-order valence-electron chi connectivity index (χ0n) is 20.3. The molecule has 8 nitrogen and oxygen atoms in total. The highest BCUT2D eigenvalue weighted by Gasteiger charge is 2.34. The number of unbranched alkanes of at least 4 members (excludes halogenated alkanes) is 5. The fourth-order valence-electron chi connectivity index (χ4n) is 3.58. The van der Waals surface area contributed by atoms with Gasteiger partial charge in [0.25, 0.3) is 5.91 Å². The summed E-state index contributed by atoms with van der Waals surface area (Å²) in [7, 11) is 0. The summed E-state index contributed by atoms with van der Waals surface area (Å²) >= 11 is 5.41. The minimum atomic E-state index is -0.816. The van der Waals surface area contributed by atoms with Crippen LogP contribution in [0.1, 0.15) is 75.6 Å². The van der Waals surface area contributed by atoms with Gasteiger partial charge in [-0.3, -0.25) is 19.7 Å². The van der Waals surface area contributed by atoms with Gasteiger partial charge in [-0.2, -0.15) is 0 Å². The normalized spacial score (nSPS) is 15.4. The predicted molar refractivity (Wildman–Crippen MR) is 135 cm³/mol. The van der Waals surface area contributed by atoms with E-state index in [4.69, 9.17) is 21.7 Å². The van der Waals surface area contributed by atoms with Gasteiger partial charge in [0.2, 0.25) is 5.91 Å². The summed E-state index contributed by atoms with van der Waals surface area (Å²) < 4.78 is 11.0. The van der Waals surface area contributed by atoms with Gasteiger partial charge in [0.1, 0.15) is 11.8 Å². The third kappa shape index (κ3) is 9.29. The molecule has 2 N–H and O–H groups in total. The smallest absolute Gasteiger partial charge is 0.308 e. The van der Waals surface area contributed by atoms with Gasteiger partial charge in [-0.1, -0.05) is 46.0 Å². The molecule has 1 fully saturated rings. The molecule has 1 saturated heterocycles. The lowest BCUT2D eigenvalue weighted by Gasteiger charge is -2.36. The largest absolute Gasteiger partial charge is 0.494 e. The summed E-state index contributed by atoms with van der Waals surface area (Å²) in [6, 6.07) is 6.04. The van der Waals surface area contributed by atoms with Gasteiger partial charge in [-0.05, 0) is 49.3 Å². The van der Waals surface area contributed by atoms with Crippen LogP contribution in [0.3, 0.4) is 0 Å². The van der Waals surface area contributed by atoms with Crippen LogP contribution in [-0.4, -0.2) is 60.1 Å². The number of carbonyl (C=O) groups is 3. The first-order chi connectivity index (χ1) is 16.5. The highest BCUT2D eigenvalue weighted by atomic mass is 32.1. The van der Waals surface area contributed by atoms with Crippen LogP contribution in [0, 0.1) is 0 Å². The lowest BCUT2D eigenvalue weighted by Crippen LogP contribution is -2.60. The van der Waals surface area contributed by atoms with Gasteiger partial charge < -0.3 is 19.7 Å². The van der Waals surface area contributed by atoms with Crippen LogP contribution in [0.15, 0.2) is 24.3 Å². The van der Waals surface area contributed by atoms with Crippen molar-refractivity contribution in [2.75, 3.05) is 26.3 Å². The third-order valence-corrected chi connectivity index (χ3v) is 5.90. The van der Waals surface area contributed by atoms with Crippen molar-refractivity contribution in [1.82, 2.24) is 15.5 Å². The molecule has 9 heteroatoms. The number of nitrogens with one attached hydrogen (secondary N) is 2. The molecule has 0 spiro atoms. The number of rotatable bonds is 13. The van der Waals surface area contributed by atoms with E-state index in [1.54, 1.807) is 29.2 Å². The van der Waals surface area contributed by atoms with Crippen LogP contribution in [0.25, 0.3) is 0 Å². The number of ether oxygens (including phenoxy) is 2. The Bertz CT molecular complexity index is 815. The van der Waals surface area contributed by atoms with Gasteiger partial charge >= 0.3 is 5.97 Å².